The van der Waals surface area contributed by atoms with Crippen LogP contribution in [0.4, 0.5) is 0 Å². The van der Waals surface area contributed by atoms with Crippen LogP contribution in [0.2, 0.25) is 0 Å². The summed E-state index contributed by atoms with van der Waals surface area (Å²) in [6, 6.07) is 23.5. The quantitative estimate of drug-likeness (QED) is 0.399. The van der Waals surface area contributed by atoms with Crippen LogP contribution in [0.25, 0.3) is 11.1 Å². The summed E-state index contributed by atoms with van der Waals surface area (Å²) in [5, 5.41) is 0. The molecule has 1 saturated heterocycles. The van der Waals surface area contributed by atoms with E-state index >= 15 is 0 Å². The first kappa shape index (κ1) is 24.1. The summed E-state index contributed by atoms with van der Waals surface area (Å²) in [5.74, 6) is 0.341. The molecule has 1 aliphatic heterocycles. The van der Waals surface area contributed by atoms with Gasteiger partial charge in [-0.05, 0) is 53.4 Å². The molecular weight excluding hydrogens is 452 g/mol. The Morgan fingerprint density at radius 2 is 1.79 bits per heavy atom. The van der Waals surface area contributed by atoms with Crippen molar-refractivity contribution in [3.63, 3.8) is 0 Å². The van der Waals surface area contributed by atoms with E-state index in [0.29, 0.717) is 26.4 Å². The maximum absolute atomic E-state index is 12.1. The standard InChI is InChI=1S/C27H28O6S/c1-3-31-26(28)17-33-27(18-30-19-27)22-11-13-23(14-12-22)32-16-20-7-6-8-21(15-20)24-9-4-5-10-25(24)34(2)29/h4-15H,3,16-19H2,1-2H3. The summed E-state index contributed by atoms with van der Waals surface area (Å²) in [7, 11) is -1.07. The van der Waals surface area contributed by atoms with Crippen molar-refractivity contribution in [2.45, 2.75) is 24.0 Å². The fourth-order valence-electron chi connectivity index (χ4n) is 3.83. The van der Waals surface area contributed by atoms with Crippen molar-refractivity contribution >= 4 is 16.8 Å². The lowest BCUT2D eigenvalue weighted by molar-refractivity contribution is -0.221. The molecular formula is C27H28O6S. The number of esters is 1. The van der Waals surface area contributed by atoms with Crippen LogP contribution in [-0.4, -0.2) is 42.9 Å². The maximum atomic E-state index is 12.1. The number of hydrogen-bond acceptors (Lipinski definition) is 6. The SMILES string of the molecule is CCOC(=O)COC1(c2ccc(OCc3cccc(-c4ccccc4S(C)=O)c3)cc2)COC1. The van der Waals surface area contributed by atoms with Gasteiger partial charge in [-0.3, -0.25) is 4.21 Å². The van der Waals surface area contributed by atoms with Gasteiger partial charge >= 0.3 is 5.97 Å². The molecule has 178 valence electrons. The fourth-order valence-corrected chi connectivity index (χ4v) is 4.59. The smallest absolute Gasteiger partial charge is 0.332 e. The Kier molecular flexibility index (Phi) is 7.77. The van der Waals surface area contributed by atoms with E-state index in [1.54, 1.807) is 13.2 Å². The minimum Gasteiger partial charge on any atom is -0.489 e. The molecule has 7 heteroatoms. The second-order valence-corrected chi connectivity index (χ2v) is 9.39. The van der Waals surface area contributed by atoms with E-state index in [2.05, 4.69) is 6.07 Å². The highest BCUT2D eigenvalue weighted by molar-refractivity contribution is 7.84. The molecule has 1 heterocycles. The largest absolute Gasteiger partial charge is 0.489 e. The number of ether oxygens (including phenoxy) is 4. The van der Waals surface area contributed by atoms with E-state index in [4.69, 9.17) is 18.9 Å². The normalized spacial score (nSPS) is 15.2. The van der Waals surface area contributed by atoms with Gasteiger partial charge in [-0.15, -0.1) is 0 Å². The van der Waals surface area contributed by atoms with Gasteiger partial charge in [0.25, 0.3) is 0 Å². The Balaban J connectivity index is 1.41. The zero-order chi connectivity index (χ0) is 24.0. The average Bonchev–Trinajstić information content (AvgIpc) is 2.83. The van der Waals surface area contributed by atoms with Crippen LogP contribution in [0.5, 0.6) is 5.75 Å². The van der Waals surface area contributed by atoms with Crippen LogP contribution < -0.4 is 4.74 Å². The average molecular weight is 481 g/mol. The predicted molar refractivity (Wildman–Crippen MR) is 130 cm³/mol. The molecule has 0 bridgehead atoms. The van der Waals surface area contributed by atoms with Crippen molar-refractivity contribution < 1.29 is 28.0 Å². The van der Waals surface area contributed by atoms with Gasteiger partial charge in [-0.25, -0.2) is 4.79 Å². The van der Waals surface area contributed by atoms with Crippen molar-refractivity contribution in [1.82, 2.24) is 0 Å². The van der Waals surface area contributed by atoms with Crippen LogP contribution in [-0.2, 0) is 42.0 Å². The first-order chi connectivity index (χ1) is 16.5. The second-order valence-electron chi connectivity index (χ2n) is 8.04. The molecule has 34 heavy (non-hydrogen) atoms. The lowest BCUT2D eigenvalue weighted by atomic mass is 9.91. The van der Waals surface area contributed by atoms with Crippen molar-refractivity contribution in [3.05, 3.63) is 83.9 Å². The Morgan fingerprint density at radius 3 is 2.47 bits per heavy atom. The van der Waals surface area contributed by atoms with Crippen molar-refractivity contribution in [1.29, 1.82) is 0 Å². The van der Waals surface area contributed by atoms with E-state index in [9.17, 15) is 9.00 Å². The summed E-state index contributed by atoms with van der Waals surface area (Å²) in [4.78, 5) is 12.5. The Hall–Kier alpha value is -3.00. The molecule has 0 saturated carbocycles. The van der Waals surface area contributed by atoms with Gasteiger partial charge in [-0.1, -0.05) is 48.5 Å². The zero-order valence-electron chi connectivity index (χ0n) is 19.3. The molecule has 0 radical (unpaired) electrons. The molecule has 1 unspecified atom stereocenters. The van der Waals surface area contributed by atoms with E-state index in [1.807, 2.05) is 66.7 Å². The lowest BCUT2D eigenvalue weighted by Crippen LogP contribution is -2.49. The highest BCUT2D eigenvalue weighted by Gasteiger charge is 2.42. The summed E-state index contributed by atoms with van der Waals surface area (Å²) < 4.78 is 34.3. The monoisotopic (exact) mass is 480 g/mol. The first-order valence-corrected chi connectivity index (χ1v) is 12.7. The van der Waals surface area contributed by atoms with Crippen LogP contribution in [0.1, 0.15) is 18.1 Å². The van der Waals surface area contributed by atoms with Gasteiger partial charge in [0.05, 0.1) is 30.6 Å². The summed E-state index contributed by atoms with van der Waals surface area (Å²) in [6.45, 7) is 3.16. The van der Waals surface area contributed by atoms with Gasteiger partial charge in [0.1, 0.15) is 24.6 Å². The fraction of sp³-hybridized carbons (Fsp3) is 0.296. The van der Waals surface area contributed by atoms with E-state index in [1.165, 1.54) is 0 Å². The highest BCUT2D eigenvalue weighted by atomic mass is 32.2. The van der Waals surface area contributed by atoms with E-state index < -0.39 is 16.4 Å². The molecule has 0 aliphatic carbocycles. The number of benzene rings is 3. The minimum atomic E-state index is -1.07. The van der Waals surface area contributed by atoms with Gasteiger partial charge in [-0.2, -0.15) is 0 Å². The third-order valence-electron chi connectivity index (χ3n) is 5.66. The summed E-state index contributed by atoms with van der Waals surface area (Å²) in [6.07, 6.45) is 1.69. The highest BCUT2D eigenvalue weighted by Crippen LogP contribution is 2.35. The molecule has 4 rings (SSSR count). The number of carbonyl (C=O) groups excluding carboxylic acids is 1. The van der Waals surface area contributed by atoms with Crippen molar-refractivity contribution in [2.24, 2.45) is 0 Å². The number of rotatable bonds is 10. The van der Waals surface area contributed by atoms with Crippen LogP contribution in [0.15, 0.2) is 77.7 Å². The van der Waals surface area contributed by atoms with Crippen LogP contribution in [0, 0.1) is 0 Å². The van der Waals surface area contributed by atoms with Gasteiger partial charge in [0.2, 0.25) is 0 Å². The molecule has 0 amide bonds. The third-order valence-corrected chi connectivity index (χ3v) is 6.64. The zero-order valence-corrected chi connectivity index (χ0v) is 20.1. The third kappa shape index (κ3) is 5.55. The first-order valence-electron chi connectivity index (χ1n) is 11.1. The van der Waals surface area contributed by atoms with Crippen molar-refractivity contribution in [3.8, 4) is 16.9 Å². The maximum Gasteiger partial charge on any atom is 0.332 e. The molecule has 6 nitrogen and oxygen atoms in total. The molecule has 0 spiro atoms. The summed E-state index contributed by atoms with van der Waals surface area (Å²) in [5.41, 5.74) is 3.28. The second kappa shape index (κ2) is 11.0. The van der Waals surface area contributed by atoms with Crippen LogP contribution in [0.3, 0.4) is 0 Å². The van der Waals surface area contributed by atoms with Crippen molar-refractivity contribution in [2.75, 3.05) is 32.7 Å². The van der Waals surface area contributed by atoms with Gasteiger partial charge < -0.3 is 18.9 Å². The van der Waals surface area contributed by atoms with E-state index in [0.717, 1.165) is 32.9 Å². The van der Waals surface area contributed by atoms with Gasteiger partial charge in [0.15, 0.2) is 0 Å². The molecule has 1 fully saturated rings. The molecule has 3 aromatic rings. The van der Waals surface area contributed by atoms with E-state index in [-0.39, 0.29) is 12.6 Å². The summed E-state index contributed by atoms with van der Waals surface area (Å²) >= 11 is 0. The molecule has 1 aliphatic rings. The molecule has 1 atom stereocenters. The Labute approximate surface area is 202 Å². The van der Waals surface area contributed by atoms with Gasteiger partial charge in [0, 0.05) is 11.2 Å². The number of hydrogen-bond donors (Lipinski definition) is 0. The molecule has 0 aromatic heterocycles. The molecule has 0 N–H and O–H groups in total. The Morgan fingerprint density at radius 1 is 1.03 bits per heavy atom. The predicted octanol–water partition coefficient (Wildman–Crippen LogP) is 4.48. The van der Waals surface area contributed by atoms with Crippen LogP contribution >= 0.6 is 0 Å². The Bertz CT molecular complexity index is 1150. The number of carbonyl (C=O) groups is 1. The lowest BCUT2D eigenvalue weighted by Gasteiger charge is -2.41. The topological polar surface area (TPSA) is 71.1 Å². The molecule has 3 aromatic carbocycles. The minimum absolute atomic E-state index is 0.111.